The van der Waals surface area contributed by atoms with E-state index in [0.29, 0.717) is 6.61 Å². The molecule has 0 fully saturated rings. The fourth-order valence-corrected chi connectivity index (χ4v) is 0.158. The molecule has 0 aliphatic heterocycles. The number of aliphatic hydroxyl groups excluding tert-OH is 1. The summed E-state index contributed by atoms with van der Waals surface area (Å²) in [6, 6.07) is 0. The summed E-state index contributed by atoms with van der Waals surface area (Å²) >= 11 is 0. The summed E-state index contributed by atoms with van der Waals surface area (Å²) in [6.07, 6.45) is 2.04. The average molecular weight is 130 g/mol. The van der Waals surface area contributed by atoms with E-state index in [-0.39, 0.29) is 17.1 Å². The molecule has 0 aromatic carbocycles. The van der Waals surface area contributed by atoms with Gasteiger partial charge in [0, 0.05) is 6.61 Å². The minimum Gasteiger partial charge on any atom is -0.396 e. The van der Waals surface area contributed by atoms with Crippen molar-refractivity contribution in [3.8, 4) is 0 Å². The van der Waals surface area contributed by atoms with Crippen LogP contribution in [0.5, 0.6) is 0 Å². The Morgan fingerprint density at radius 3 is 2.00 bits per heavy atom. The third-order valence-corrected chi connectivity index (χ3v) is 0.512. The van der Waals surface area contributed by atoms with E-state index < -0.39 is 0 Å². The molecule has 37 valence electrons. The molecule has 0 saturated carbocycles. The van der Waals surface area contributed by atoms with E-state index in [2.05, 4.69) is 6.92 Å². The minimum absolute atomic E-state index is 0. The van der Waals surface area contributed by atoms with E-state index in [4.69, 9.17) is 5.11 Å². The Hall–Kier alpha value is 0.479. The van der Waals surface area contributed by atoms with Crippen molar-refractivity contribution >= 4 is 0 Å². The first-order chi connectivity index (χ1) is 2.41. The molecule has 0 aliphatic carbocycles. The van der Waals surface area contributed by atoms with E-state index in [1.807, 2.05) is 0 Å². The summed E-state index contributed by atoms with van der Waals surface area (Å²) in [4.78, 5) is 0. The second-order valence-corrected chi connectivity index (χ2v) is 1.08. The Labute approximate surface area is 49.2 Å². The van der Waals surface area contributed by atoms with Crippen molar-refractivity contribution < 1.29 is 22.2 Å². The third-order valence-electron chi connectivity index (χ3n) is 0.512. The zero-order valence-corrected chi connectivity index (χ0v) is 5.03. The third kappa shape index (κ3) is 8.82. The molecule has 0 aromatic rings. The van der Waals surface area contributed by atoms with Crippen LogP contribution in [0.3, 0.4) is 0 Å². The summed E-state index contributed by atoms with van der Waals surface area (Å²) < 4.78 is 0. The molecule has 1 nitrogen and oxygen atoms in total. The minimum atomic E-state index is 0. The standard InChI is InChI=1S/C4H10O.Fe/c1-2-3-4-5;/h5H,2-4H2,1H3;/q;+3. The van der Waals surface area contributed by atoms with Crippen LogP contribution in [0.4, 0.5) is 0 Å². The summed E-state index contributed by atoms with van der Waals surface area (Å²) in [7, 11) is 0. The Kier molecular flexibility index (Phi) is 14.7. The average Bonchev–Trinajstić information content (AvgIpc) is 1.41. The van der Waals surface area contributed by atoms with Crippen LogP contribution in [0.2, 0.25) is 0 Å². The van der Waals surface area contributed by atoms with Gasteiger partial charge in [0.15, 0.2) is 0 Å². The molecule has 2 heteroatoms. The second kappa shape index (κ2) is 9.08. The molecule has 0 aromatic heterocycles. The Morgan fingerprint density at radius 2 is 2.00 bits per heavy atom. The first-order valence-corrected chi connectivity index (χ1v) is 2.02. The van der Waals surface area contributed by atoms with Crippen LogP contribution in [0.25, 0.3) is 0 Å². The topological polar surface area (TPSA) is 20.2 Å². The van der Waals surface area contributed by atoms with Crippen LogP contribution in [0.15, 0.2) is 0 Å². The van der Waals surface area contributed by atoms with Crippen molar-refractivity contribution in [3.05, 3.63) is 0 Å². The molecule has 0 atom stereocenters. The quantitative estimate of drug-likeness (QED) is 0.547. The van der Waals surface area contributed by atoms with Crippen LogP contribution >= 0.6 is 0 Å². The van der Waals surface area contributed by atoms with Gasteiger partial charge in [-0.05, 0) is 6.42 Å². The van der Waals surface area contributed by atoms with E-state index in [1.165, 1.54) is 0 Å². The van der Waals surface area contributed by atoms with Gasteiger partial charge in [0.25, 0.3) is 0 Å². The van der Waals surface area contributed by atoms with Crippen LogP contribution in [0, 0.1) is 0 Å². The van der Waals surface area contributed by atoms with Crippen molar-refractivity contribution in [2.24, 2.45) is 0 Å². The van der Waals surface area contributed by atoms with Gasteiger partial charge < -0.3 is 5.11 Å². The molecule has 0 unspecified atom stereocenters. The first kappa shape index (κ1) is 9.70. The number of hydrogen-bond acceptors (Lipinski definition) is 1. The Morgan fingerprint density at radius 1 is 1.50 bits per heavy atom. The predicted octanol–water partition coefficient (Wildman–Crippen LogP) is 0.776. The van der Waals surface area contributed by atoms with Crippen molar-refractivity contribution in [2.45, 2.75) is 19.8 Å². The molecule has 0 spiro atoms. The zero-order valence-electron chi connectivity index (χ0n) is 3.92. The van der Waals surface area contributed by atoms with Crippen LogP contribution < -0.4 is 0 Å². The van der Waals surface area contributed by atoms with Gasteiger partial charge >= 0.3 is 17.1 Å². The van der Waals surface area contributed by atoms with Gasteiger partial charge in [-0.25, -0.2) is 0 Å². The summed E-state index contributed by atoms with van der Waals surface area (Å²) in [5.41, 5.74) is 0. The van der Waals surface area contributed by atoms with Crippen molar-refractivity contribution in [3.63, 3.8) is 0 Å². The normalized spacial score (nSPS) is 7.00. The summed E-state index contributed by atoms with van der Waals surface area (Å²) in [6.45, 7) is 2.40. The van der Waals surface area contributed by atoms with Crippen LogP contribution in [0.1, 0.15) is 19.8 Å². The maximum atomic E-state index is 8.07. The number of hydrogen-bond donors (Lipinski definition) is 1. The van der Waals surface area contributed by atoms with E-state index in [0.717, 1.165) is 12.8 Å². The molecule has 0 aliphatic rings. The second-order valence-electron chi connectivity index (χ2n) is 1.08. The zero-order chi connectivity index (χ0) is 4.12. The maximum Gasteiger partial charge on any atom is 3.00 e. The van der Waals surface area contributed by atoms with Crippen molar-refractivity contribution in [1.29, 1.82) is 0 Å². The van der Waals surface area contributed by atoms with Crippen LogP contribution in [-0.4, -0.2) is 11.7 Å². The van der Waals surface area contributed by atoms with Gasteiger partial charge in [-0.15, -0.1) is 0 Å². The SMILES string of the molecule is CCCCO.[Fe+3]. The van der Waals surface area contributed by atoms with Gasteiger partial charge in [-0.2, -0.15) is 0 Å². The van der Waals surface area contributed by atoms with Gasteiger partial charge in [-0.3, -0.25) is 0 Å². The number of unbranched alkanes of at least 4 members (excludes halogenated alkanes) is 1. The molecule has 0 heterocycles. The Balaban J connectivity index is 0. The first-order valence-electron chi connectivity index (χ1n) is 2.02. The van der Waals surface area contributed by atoms with Gasteiger partial charge in [0.05, 0.1) is 0 Å². The number of rotatable bonds is 2. The molecule has 1 radical (unpaired) electrons. The molecular formula is C4H10FeO+3. The van der Waals surface area contributed by atoms with E-state index in [9.17, 15) is 0 Å². The van der Waals surface area contributed by atoms with Crippen molar-refractivity contribution in [2.75, 3.05) is 6.61 Å². The van der Waals surface area contributed by atoms with Crippen molar-refractivity contribution in [1.82, 2.24) is 0 Å². The molecule has 0 bridgehead atoms. The molecule has 0 saturated heterocycles. The monoisotopic (exact) mass is 130 g/mol. The summed E-state index contributed by atoms with van der Waals surface area (Å²) in [5.74, 6) is 0. The smallest absolute Gasteiger partial charge is 0.396 e. The van der Waals surface area contributed by atoms with Crippen LogP contribution in [-0.2, 0) is 17.1 Å². The fraction of sp³-hybridized carbons (Fsp3) is 1.00. The van der Waals surface area contributed by atoms with E-state index >= 15 is 0 Å². The number of aliphatic hydroxyl groups is 1. The van der Waals surface area contributed by atoms with Gasteiger partial charge in [-0.1, -0.05) is 13.3 Å². The fourth-order valence-electron chi connectivity index (χ4n) is 0.158. The van der Waals surface area contributed by atoms with E-state index in [1.54, 1.807) is 0 Å². The molecule has 6 heavy (non-hydrogen) atoms. The summed E-state index contributed by atoms with van der Waals surface area (Å²) in [5, 5.41) is 8.07. The Bertz CT molecular complexity index is 15.0. The largest absolute Gasteiger partial charge is 3.00 e. The molecule has 0 amide bonds. The van der Waals surface area contributed by atoms with Gasteiger partial charge in [0.1, 0.15) is 0 Å². The van der Waals surface area contributed by atoms with Gasteiger partial charge in [0.2, 0.25) is 0 Å². The molecule has 0 rings (SSSR count). The molecular weight excluding hydrogens is 120 g/mol. The molecule has 1 N–H and O–H groups in total. The predicted molar refractivity (Wildman–Crippen MR) is 22.0 cm³/mol. The maximum absolute atomic E-state index is 8.07.